The molecule has 3 heterocycles. The third kappa shape index (κ3) is 5.52. The standard InChI is InChI=1S/C23H28N4OS2/c1-18-9-12-26(13-10-18)22(28)17-30-23-25-24-21(16-20-8-5-15-29-20)27(23)14-11-19-6-3-2-4-7-19/h2-8,15,18H,9-14,16-17H2,1H3. The molecule has 5 nitrogen and oxygen atoms in total. The zero-order chi connectivity index (χ0) is 20.8. The average molecular weight is 441 g/mol. The number of carbonyl (C=O) groups excluding carboxylic acids is 1. The fourth-order valence-electron chi connectivity index (χ4n) is 3.71. The lowest BCUT2D eigenvalue weighted by Crippen LogP contribution is -2.38. The fraction of sp³-hybridized carbons (Fsp3) is 0.435. The van der Waals surface area contributed by atoms with Gasteiger partial charge in [0.15, 0.2) is 5.16 Å². The highest BCUT2D eigenvalue weighted by molar-refractivity contribution is 7.99. The Bertz CT molecular complexity index is 932. The molecule has 0 unspecified atom stereocenters. The van der Waals surface area contributed by atoms with Gasteiger partial charge in [-0.2, -0.15) is 0 Å². The lowest BCUT2D eigenvalue weighted by Gasteiger charge is -2.30. The van der Waals surface area contributed by atoms with E-state index < -0.39 is 0 Å². The number of amides is 1. The molecule has 3 aromatic rings. The van der Waals surface area contributed by atoms with Crippen molar-refractivity contribution in [1.82, 2.24) is 19.7 Å². The van der Waals surface area contributed by atoms with E-state index in [4.69, 9.17) is 0 Å². The number of carbonyl (C=O) groups is 1. The number of aromatic nitrogens is 3. The average Bonchev–Trinajstić information content (AvgIpc) is 3.42. The van der Waals surface area contributed by atoms with E-state index in [9.17, 15) is 4.79 Å². The number of aryl methyl sites for hydroxylation is 1. The van der Waals surface area contributed by atoms with Crippen LogP contribution in [0.15, 0.2) is 53.0 Å². The van der Waals surface area contributed by atoms with Crippen molar-refractivity contribution in [3.05, 3.63) is 64.1 Å². The summed E-state index contributed by atoms with van der Waals surface area (Å²) in [6, 6.07) is 14.7. The van der Waals surface area contributed by atoms with Gasteiger partial charge in [-0.05, 0) is 42.2 Å². The number of hydrogen-bond acceptors (Lipinski definition) is 5. The smallest absolute Gasteiger partial charge is 0.233 e. The van der Waals surface area contributed by atoms with Gasteiger partial charge in [-0.1, -0.05) is 55.1 Å². The van der Waals surface area contributed by atoms with Gasteiger partial charge in [0.25, 0.3) is 0 Å². The predicted octanol–water partition coefficient (Wildman–Crippen LogP) is 4.52. The van der Waals surface area contributed by atoms with Crippen LogP contribution in [0.2, 0.25) is 0 Å². The second-order valence-electron chi connectivity index (χ2n) is 7.89. The number of rotatable bonds is 8. The van der Waals surface area contributed by atoms with Gasteiger partial charge in [0.1, 0.15) is 5.82 Å². The van der Waals surface area contributed by atoms with Crippen molar-refractivity contribution in [1.29, 1.82) is 0 Å². The number of thioether (sulfide) groups is 1. The molecule has 1 saturated heterocycles. The fourth-order valence-corrected chi connectivity index (χ4v) is 5.30. The van der Waals surface area contributed by atoms with Crippen LogP contribution < -0.4 is 0 Å². The van der Waals surface area contributed by atoms with Gasteiger partial charge in [-0.3, -0.25) is 4.79 Å². The van der Waals surface area contributed by atoms with E-state index in [1.165, 1.54) is 22.2 Å². The highest BCUT2D eigenvalue weighted by atomic mass is 32.2. The topological polar surface area (TPSA) is 51.0 Å². The van der Waals surface area contributed by atoms with Gasteiger partial charge in [0.2, 0.25) is 5.91 Å². The van der Waals surface area contributed by atoms with Crippen LogP contribution in [-0.2, 0) is 24.2 Å². The maximum atomic E-state index is 12.7. The van der Waals surface area contributed by atoms with Gasteiger partial charge in [0.05, 0.1) is 5.75 Å². The Morgan fingerprint density at radius 2 is 1.93 bits per heavy atom. The molecule has 1 amide bonds. The minimum Gasteiger partial charge on any atom is -0.342 e. The van der Waals surface area contributed by atoms with Crippen molar-refractivity contribution in [3.8, 4) is 0 Å². The molecular weight excluding hydrogens is 412 g/mol. The highest BCUT2D eigenvalue weighted by Gasteiger charge is 2.21. The number of nitrogens with zero attached hydrogens (tertiary/aromatic N) is 4. The molecule has 0 N–H and O–H groups in total. The van der Waals surface area contributed by atoms with Crippen molar-refractivity contribution in [2.45, 2.75) is 44.3 Å². The van der Waals surface area contributed by atoms with E-state index in [0.717, 1.165) is 62.2 Å². The molecule has 1 aliphatic heterocycles. The Hall–Kier alpha value is -2.12. The number of likely N-dealkylation sites (tertiary alicyclic amines) is 1. The summed E-state index contributed by atoms with van der Waals surface area (Å²) in [5, 5.41) is 11.9. The van der Waals surface area contributed by atoms with Crippen LogP contribution in [0.5, 0.6) is 0 Å². The first-order valence-corrected chi connectivity index (χ1v) is 12.4. The molecule has 7 heteroatoms. The van der Waals surface area contributed by atoms with Crippen molar-refractivity contribution in [3.63, 3.8) is 0 Å². The molecule has 0 spiro atoms. The summed E-state index contributed by atoms with van der Waals surface area (Å²) in [5.41, 5.74) is 1.29. The molecular formula is C23H28N4OS2. The molecule has 1 fully saturated rings. The zero-order valence-electron chi connectivity index (χ0n) is 17.4. The van der Waals surface area contributed by atoms with Gasteiger partial charge >= 0.3 is 0 Å². The summed E-state index contributed by atoms with van der Waals surface area (Å²) in [4.78, 5) is 16.0. The lowest BCUT2D eigenvalue weighted by atomic mass is 9.99. The van der Waals surface area contributed by atoms with Crippen LogP contribution in [-0.4, -0.2) is 44.4 Å². The summed E-state index contributed by atoms with van der Waals surface area (Å²) in [5.74, 6) is 2.33. The first kappa shape index (κ1) is 21.1. The molecule has 1 aromatic carbocycles. The Labute approximate surface area is 186 Å². The normalized spacial score (nSPS) is 14.9. The molecule has 2 aromatic heterocycles. The Morgan fingerprint density at radius 3 is 2.67 bits per heavy atom. The Balaban J connectivity index is 1.44. The summed E-state index contributed by atoms with van der Waals surface area (Å²) in [7, 11) is 0. The van der Waals surface area contributed by atoms with Crippen molar-refractivity contribution >= 4 is 29.0 Å². The first-order chi connectivity index (χ1) is 14.7. The number of benzene rings is 1. The van der Waals surface area contributed by atoms with E-state index in [-0.39, 0.29) is 5.91 Å². The summed E-state index contributed by atoms with van der Waals surface area (Å²) >= 11 is 3.26. The third-order valence-electron chi connectivity index (χ3n) is 5.63. The van der Waals surface area contributed by atoms with E-state index in [1.54, 1.807) is 11.3 Å². The lowest BCUT2D eigenvalue weighted by molar-refractivity contribution is -0.129. The van der Waals surface area contributed by atoms with Crippen molar-refractivity contribution < 1.29 is 4.79 Å². The van der Waals surface area contributed by atoms with Crippen LogP contribution in [0.3, 0.4) is 0 Å². The predicted molar refractivity (Wildman–Crippen MR) is 123 cm³/mol. The van der Waals surface area contributed by atoms with Gasteiger partial charge in [0, 0.05) is 30.9 Å². The van der Waals surface area contributed by atoms with Crippen LogP contribution in [0.1, 0.15) is 36.0 Å². The summed E-state index contributed by atoms with van der Waals surface area (Å²) in [6.45, 7) is 4.84. The Morgan fingerprint density at radius 1 is 1.13 bits per heavy atom. The number of hydrogen-bond donors (Lipinski definition) is 0. The summed E-state index contributed by atoms with van der Waals surface area (Å²) in [6.07, 6.45) is 3.91. The van der Waals surface area contributed by atoms with Crippen LogP contribution in [0.4, 0.5) is 0 Å². The highest BCUT2D eigenvalue weighted by Crippen LogP contribution is 2.23. The van der Waals surface area contributed by atoms with Crippen molar-refractivity contribution in [2.75, 3.05) is 18.8 Å². The maximum absolute atomic E-state index is 12.7. The van der Waals surface area contributed by atoms with Gasteiger partial charge in [-0.15, -0.1) is 21.5 Å². The van der Waals surface area contributed by atoms with E-state index in [1.807, 2.05) is 11.0 Å². The molecule has 30 heavy (non-hydrogen) atoms. The van der Waals surface area contributed by atoms with Crippen LogP contribution in [0, 0.1) is 5.92 Å². The molecule has 0 bridgehead atoms. The SMILES string of the molecule is CC1CCN(C(=O)CSc2nnc(Cc3cccs3)n2CCc2ccccc2)CC1. The van der Waals surface area contributed by atoms with Crippen LogP contribution in [0.25, 0.3) is 0 Å². The van der Waals surface area contributed by atoms with E-state index in [2.05, 4.69) is 63.5 Å². The minimum atomic E-state index is 0.212. The number of thiophene rings is 1. The largest absolute Gasteiger partial charge is 0.342 e. The quantitative estimate of drug-likeness (QED) is 0.483. The monoisotopic (exact) mass is 440 g/mol. The minimum absolute atomic E-state index is 0.212. The van der Waals surface area contributed by atoms with Gasteiger partial charge < -0.3 is 9.47 Å². The molecule has 1 aliphatic rings. The molecule has 158 valence electrons. The summed E-state index contributed by atoms with van der Waals surface area (Å²) < 4.78 is 2.20. The van der Waals surface area contributed by atoms with E-state index >= 15 is 0 Å². The second-order valence-corrected chi connectivity index (χ2v) is 9.87. The molecule has 0 radical (unpaired) electrons. The molecule has 0 atom stereocenters. The van der Waals surface area contributed by atoms with Crippen LogP contribution >= 0.6 is 23.1 Å². The van der Waals surface area contributed by atoms with E-state index in [0.29, 0.717) is 5.75 Å². The molecule has 0 aliphatic carbocycles. The molecule has 0 saturated carbocycles. The zero-order valence-corrected chi connectivity index (χ0v) is 19.0. The number of piperidine rings is 1. The molecule has 4 rings (SSSR count). The maximum Gasteiger partial charge on any atom is 0.233 e. The van der Waals surface area contributed by atoms with Crippen molar-refractivity contribution in [2.24, 2.45) is 5.92 Å². The first-order valence-electron chi connectivity index (χ1n) is 10.6. The second kappa shape index (κ2) is 10.3. The van der Waals surface area contributed by atoms with Gasteiger partial charge in [-0.25, -0.2) is 0 Å². The third-order valence-corrected chi connectivity index (χ3v) is 7.46. The Kier molecular flexibility index (Phi) is 7.23.